The zero-order chi connectivity index (χ0) is 51.9. The molecule has 0 spiro atoms. The number of fused-ring (bicyclic) bond motifs is 2. The van der Waals surface area contributed by atoms with Gasteiger partial charge in [-0.3, -0.25) is 19.2 Å². The zero-order valence-corrected chi connectivity index (χ0v) is 42.7. The molecular weight excluding hydrogens is 933 g/mol. The van der Waals surface area contributed by atoms with Crippen LogP contribution in [0.3, 0.4) is 0 Å². The molecule has 0 bridgehead atoms. The average molecular weight is 1000 g/mol. The Morgan fingerprint density at radius 2 is 1.04 bits per heavy atom. The monoisotopic (exact) mass is 1000 g/mol. The number of carbonyl (C=O) groups is 4. The van der Waals surface area contributed by atoms with Crippen molar-refractivity contribution in [2.24, 2.45) is 23.7 Å². The molecule has 0 radical (unpaired) electrons. The summed E-state index contributed by atoms with van der Waals surface area (Å²) in [6, 6.07) is 12.8. The van der Waals surface area contributed by atoms with E-state index in [1.54, 1.807) is 28.9 Å². The van der Waals surface area contributed by atoms with E-state index in [1.807, 2.05) is 30.3 Å². The van der Waals surface area contributed by atoms with E-state index in [0.717, 1.165) is 33.7 Å². The second kappa shape index (κ2) is 20.6. The Labute approximate surface area is 418 Å². The van der Waals surface area contributed by atoms with Crippen LogP contribution in [0.1, 0.15) is 157 Å². The Hall–Kier alpha value is -5.81. The van der Waals surface area contributed by atoms with Crippen LogP contribution in [-0.2, 0) is 33.5 Å². The molecule has 3 amide bonds. The summed E-state index contributed by atoms with van der Waals surface area (Å²) in [5.74, 6) is -3.61. The predicted molar refractivity (Wildman–Crippen MR) is 265 cm³/mol. The van der Waals surface area contributed by atoms with Crippen molar-refractivity contribution in [3.63, 3.8) is 0 Å². The molecule has 2 N–H and O–H groups in total. The first-order valence-electron chi connectivity index (χ1n) is 25.7. The van der Waals surface area contributed by atoms with Gasteiger partial charge in [-0.25, -0.2) is 27.5 Å². The number of aliphatic carboxylic acids is 1. The lowest BCUT2D eigenvalue weighted by Gasteiger charge is -2.31. The van der Waals surface area contributed by atoms with Gasteiger partial charge in [0.05, 0.1) is 28.0 Å². The minimum absolute atomic E-state index is 0.0631. The van der Waals surface area contributed by atoms with Crippen molar-refractivity contribution in [2.75, 3.05) is 31.5 Å². The third kappa shape index (κ3) is 12.2. The Morgan fingerprint density at radius 3 is 1.40 bits per heavy atom. The summed E-state index contributed by atoms with van der Waals surface area (Å²) in [4.78, 5) is 63.5. The number of carboxylic acid groups (broad SMARTS) is 1. The molecule has 4 fully saturated rings. The molecule has 5 aromatic rings. The number of hydrogen-bond acceptors (Lipinski definition) is 8. The van der Waals surface area contributed by atoms with Gasteiger partial charge in [0, 0.05) is 98.9 Å². The molecule has 14 nitrogen and oxygen atoms in total. The number of rotatable bonds is 9. The number of imidazole rings is 2. The largest absolute Gasteiger partial charge is 0.481 e. The Morgan fingerprint density at radius 1 is 0.639 bits per heavy atom. The molecule has 2 saturated heterocycles. The molecular formula is C54H70F4N8O6. The molecule has 2 aliphatic heterocycles. The maximum atomic E-state index is 13.7. The minimum atomic E-state index is -2.55. The van der Waals surface area contributed by atoms with Gasteiger partial charge in [0.25, 0.3) is 11.8 Å². The van der Waals surface area contributed by atoms with Gasteiger partial charge in [-0.1, -0.05) is 46.7 Å². The topological polar surface area (TPSA) is 169 Å². The Kier molecular flexibility index (Phi) is 15.0. The van der Waals surface area contributed by atoms with Gasteiger partial charge in [0.1, 0.15) is 17.4 Å². The maximum absolute atomic E-state index is 13.7. The van der Waals surface area contributed by atoms with Crippen molar-refractivity contribution in [1.82, 2.24) is 34.1 Å². The molecule has 2 aromatic carbocycles. The van der Waals surface area contributed by atoms with E-state index in [-0.39, 0.29) is 77.9 Å². The van der Waals surface area contributed by atoms with Crippen LogP contribution in [0.5, 0.6) is 0 Å². The highest BCUT2D eigenvalue weighted by molar-refractivity contribution is 5.99. The van der Waals surface area contributed by atoms with Crippen LogP contribution in [0.4, 0.5) is 23.4 Å². The summed E-state index contributed by atoms with van der Waals surface area (Å²) in [5, 5.41) is 15.8. The predicted octanol–water partition coefficient (Wildman–Crippen LogP) is 11.0. The van der Waals surface area contributed by atoms with E-state index < -0.39 is 17.8 Å². The van der Waals surface area contributed by atoms with Crippen molar-refractivity contribution >= 4 is 51.6 Å². The van der Waals surface area contributed by atoms with Gasteiger partial charge in [0.15, 0.2) is 5.82 Å². The number of likely N-dealkylation sites (tertiary alicyclic amines) is 2. The number of alkyl halides is 4. The number of piperidine rings is 2. The van der Waals surface area contributed by atoms with E-state index in [0.29, 0.717) is 113 Å². The summed E-state index contributed by atoms with van der Waals surface area (Å²) in [5.41, 5.74) is 3.93. The van der Waals surface area contributed by atoms with Crippen LogP contribution in [0.15, 0.2) is 47.0 Å². The molecule has 3 aromatic heterocycles. The average Bonchev–Trinajstić information content (AvgIpc) is 4.04. The Bertz CT molecular complexity index is 2770. The van der Waals surface area contributed by atoms with Crippen LogP contribution in [0.25, 0.3) is 22.1 Å². The standard InChI is InChI=1S/C29H37F2N5O3.C25H33F2N3O3/c1-18-15-24(34-39-18)33-25(37)20-9-13-35(14-10-20)26(38)21-5-6-23-22(16-21)32-27(28(2,3)4)36(23)17-19-7-11-29(30,31)12-8-19;1-24(2,3)23-28-19-14-18(21(31)29-12-8-17(9-13-29)22(32)33)4-5-20(19)30(23)15-16-6-10-25(26,27)11-7-16/h5-6,15-16,19-20H,7-14,17H2,1-4H3,(H,33,34,37);4-5,14,16-17H,6-13,15H2,1-3H3,(H,32,33). The van der Waals surface area contributed by atoms with E-state index in [1.165, 1.54) is 0 Å². The quantitative estimate of drug-likeness (QED) is 0.137. The highest BCUT2D eigenvalue weighted by Crippen LogP contribution is 2.40. The SMILES string of the molecule is CC(C)(C)c1nc2cc(C(=O)N3CCC(C(=O)O)CC3)ccc2n1CC1CCC(F)(F)CC1.Cc1cc(NC(=O)C2CCN(C(=O)c3ccc4c(c3)nc(C(C)(C)C)n4CC3CCC(F)(F)CC3)CC2)no1. The number of amides is 3. The van der Waals surface area contributed by atoms with Crippen molar-refractivity contribution in [3.05, 3.63) is 71.0 Å². The van der Waals surface area contributed by atoms with E-state index in [2.05, 4.69) is 61.2 Å². The molecule has 72 heavy (non-hydrogen) atoms. The highest BCUT2D eigenvalue weighted by Gasteiger charge is 2.38. The fourth-order valence-corrected chi connectivity index (χ4v) is 10.8. The van der Waals surface area contributed by atoms with Crippen LogP contribution in [0, 0.1) is 30.6 Å². The van der Waals surface area contributed by atoms with Gasteiger partial charge in [-0.15, -0.1) is 0 Å². The van der Waals surface area contributed by atoms with Gasteiger partial charge in [-0.05, 0) is 107 Å². The number of benzene rings is 2. The number of anilines is 1. The number of aromatic nitrogens is 5. The third-order valence-corrected chi connectivity index (χ3v) is 15.1. The summed E-state index contributed by atoms with van der Waals surface area (Å²) in [7, 11) is 0. The third-order valence-electron chi connectivity index (χ3n) is 15.1. The molecule has 5 heterocycles. The molecule has 9 rings (SSSR count). The van der Waals surface area contributed by atoms with E-state index in [9.17, 15) is 41.8 Å². The van der Waals surface area contributed by atoms with Crippen molar-refractivity contribution < 1.29 is 46.4 Å². The molecule has 18 heteroatoms. The number of hydrogen-bond donors (Lipinski definition) is 2. The normalized spacial score (nSPS) is 19.6. The molecule has 390 valence electrons. The summed E-state index contributed by atoms with van der Waals surface area (Å²) in [6.45, 7) is 17.4. The summed E-state index contributed by atoms with van der Waals surface area (Å²) < 4.78 is 64.0. The molecule has 4 aliphatic rings. The first kappa shape index (κ1) is 52.5. The molecule has 0 unspecified atom stereocenters. The van der Waals surface area contributed by atoms with Gasteiger partial charge < -0.3 is 33.9 Å². The van der Waals surface area contributed by atoms with Crippen molar-refractivity contribution in [3.8, 4) is 0 Å². The minimum Gasteiger partial charge on any atom is -0.481 e. The fourth-order valence-electron chi connectivity index (χ4n) is 10.8. The van der Waals surface area contributed by atoms with Crippen molar-refractivity contribution in [1.29, 1.82) is 0 Å². The van der Waals surface area contributed by atoms with Gasteiger partial charge >= 0.3 is 5.97 Å². The highest BCUT2D eigenvalue weighted by atomic mass is 19.3. The van der Waals surface area contributed by atoms with Crippen LogP contribution >= 0.6 is 0 Å². The van der Waals surface area contributed by atoms with E-state index in [4.69, 9.17) is 14.5 Å². The second-order valence-electron chi connectivity index (χ2n) is 22.9. The Balaban J connectivity index is 0.000000195. The van der Waals surface area contributed by atoms with E-state index >= 15 is 0 Å². The van der Waals surface area contributed by atoms with Crippen LogP contribution in [0.2, 0.25) is 0 Å². The second-order valence-corrected chi connectivity index (χ2v) is 22.9. The number of nitrogens with one attached hydrogen (secondary N) is 1. The maximum Gasteiger partial charge on any atom is 0.306 e. The number of carbonyl (C=O) groups excluding carboxylic acids is 3. The van der Waals surface area contributed by atoms with Crippen molar-refractivity contribution in [2.45, 2.75) is 161 Å². The summed E-state index contributed by atoms with van der Waals surface area (Å²) in [6.07, 6.45) is 3.81. The first-order valence-corrected chi connectivity index (χ1v) is 25.7. The van der Waals surface area contributed by atoms with Crippen LogP contribution < -0.4 is 5.32 Å². The number of nitrogens with zero attached hydrogens (tertiary/aromatic N) is 7. The lowest BCUT2D eigenvalue weighted by molar-refractivity contribution is -0.143. The van der Waals surface area contributed by atoms with Gasteiger partial charge in [0.2, 0.25) is 17.8 Å². The lowest BCUT2D eigenvalue weighted by Crippen LogP contribution is -2.41. The smallest absolute Gasteiger partial charge is 0.306 e. The molecule has 2 saturated carbocycles. The fraction of sp³-hybridized carbons (Fsp3) is 0.611. The summed E-state index contributed by atoms with van der Waals surface area (Å²) >= 11 is 0. The first-order chi connectivity index (χ1) is 33.8. The molecule has 2 aliphatic carbocycles. The number of carboxylic acids is 1. The molecule has 0 atom stereocenters. The lowest BCUT2D eigenvalue weighted by atomic mass is 9.86. The number of halogens is 4. The number of aryl methyl sites for hydroxylation is 1. The zero-order valence-electron chi connectivity index (χ0n) is 42.7. The van der Waals surface area contributed by atoms with Gasteiger partial charge in [-0.2, -0.15) is 0 Å². The van der Waals surface area contributed by atoms with Crippen LogP contribution in [-0.4, -0.2) is 101 Å².